The molecule has 9 heteroatoms. The summed E-state index contributed by atoms with van der Waals surface area (Å²) in [5, 5.41) is 14.9. The van der Waals surface area contributed by atoms with Crippen molar-refractivity contribution >= 4 is 29.0 Å². The normalized spacial score (nSPS) is 11.0. The number of carbonyl (C=O) groups excluding carboxylic acids is 2. The van der Waals surface area contributed by atoms with Gasteiger partial charge in [0, 0.05) is 48.4 Å². The second-order valence-electron chi connectivity index (χ2n) is 11.2. The molecule has 214 valence electrons. The largest absolute Gasteiger partial charge is 0.336 e. The molecule has 2 amide bonds. The van der Waals surface area contributed by atoms with E-state index in [4.69, 9.17) is 5.26 Å². The van der Waals surface area contributed by atoms with E-state index < -0.39 is 0 Å². The third-order valence-electron chi connectivity index (χ3n) is 6.99. The van der Waals surface area contributed by atoms with Crippen LogP contribution in [0.25, 0.3) is 11.3 Å². The number of nitrogens with one attached hydrogen (secondary N) is 2. The summed E-state index contributed by atoms with van der Waals surface area (Å²) in [6, 6.07) is 21.7. The zero-order valence-electron chi connectivity index (χ0n) is 24.6. The highest BCUT2D eigenvalue weighted by Crippen LogP contribution is 2.29. The van der Waals surface area contributed by atoms with E-state index in [1.54, 1.807) is 44.6 Å². The van der Waals surface area contributed by atoms with Gasteiger partial charge in [-0.3, -0.25) is 14.4 Å². The van der Waals surface area contributed by atoms with Crippen LogP contribution in [0.3, 0.4) is 0 Å². The van der Waals surface area contributed by atoms with Crippen LogP contribution in [0.2, 0.25) is 0 Å². The number of hydrogen-bond donors (Lipinski definition) is 2. The number of aromatic nitrogens is 2. The number of aryl methyl sites for hydroxylation is 1. The van der Waals surface area contributed by atoms with E-state index in [9.17, 15) is 14.4 Å². The average molecular weight is 563 g/mol. The molecule has 0 aliphatic heterocycles. The van der Waals surface area contributed by atoms with Gasteiger partial charge in [-0.15, -0.1) is 0 Å². The van der Waals surface area contributed by atoms with Gasteiger partial charge in [0.2, 0.25) is 0 Å². The molecule has 0 bridgehead atoms. The van der Waals surface area contributed by atoms with Gasteiger partial charge in [-0.05, 0) is 65.9 Å². The van der Waals surface area contributed by atoms with Crippen molar-refractivity contribution in [1.29, 1.82) is 5.26 Å². The number of benzene rings is 3. The van der Waals surface area contributed by atoms with E-state index in [2.05, 4.69) is 36.4 Å². The lowest BCUT2D eigenvalue weighted by molar-refractivity contribution is 0.0811. The molecular formula is C33H34N6O3. The number of nitrogens with zero attached hydrogens (tertiary/aromatic N) is 4. The van der Waals surface area contributed by atoms with Crippen molar-refractivity contribution in [3.8, 4) is 17.3 Å². The number of carbonyl (C=O) groups is 2. The zero-order valence-corrected chi connectivity index (χ0v) is 24.6. The van der Waals surface area contributed by atoms with Gasteiger partial charge in [-0.2, -0.15) is 5.26 Å². The van der Waals surface area contributed by atoms with Crippen molar-refractivity contribution in [1.82, 2.24) is 14.5 Å². The fraction of sp³-hybridized carbons (Fsp3) is 0.242. The molecule has 0 aliphatic carbocycles. The van der Waals surface area contributed by atoms with E-state index in [1.807, 2.05) is 55.5 Å². The topological polar surface area (TPSA) is 120 Å². The van der Waals surface area contributed by atoms with E-state index >= 15 is 0 Å². The minimum atomic E-state index is -0.325. The second kappa shape index (κ2) is 12.1. The summed E-state index contributed by atoms with van der Waals surface area (Å²) in [4.78, 5) is 44.3. The highest BCUT2D eigenvalue weighted by atomic mass is 16.2. The highest BCUT2D eigenvalue weighted by molar-refractivity contribution is 6.05. The lowest BCUT2D eigenvalue weighted by Crippen LogP contribution is -2.26. The van der Waals surface area contributed by atoms with Crippen molar-refractivity contribution in [2.75, 3.05) is 24.2 Å². The lowest BCUT2D eigenvalue weighted by Gasteiger charge is -2.19. The number of hydrogen-bond acceptors (Lipinski definition) is 6. The van der Waals surface area contributed by atoms with Crippen LogP contribution in [-0.2, 0) is 12.5 Å². The van der Waals surface area contributed by atoms with Gasteiger partial charge in [0.05, 0.1) is 11.8 Å². The molecule has 9 nitrogen and oxygen atoms in total. The summed E-state index contributed by atoms with van der Waals surface area (Å²) in [5.41, 5.74) is 5.13. The van der Waals surface area contributed by atoms with Crippen LogP contribution in [0, 0.1) is 18.3 Å². The van der Waals surface area contributed by atoms with Crippen molar-refractivity contribution in [2.45, 2.75) is 33.1 Å². The van der Waals surface area contributed by atoms with Gasteiger partial charge in [0.25, 0.3) is 17.4 Å². The van der Waals surface area contributed by atoms with Crippen LogP contribution in [0.1, 0.15) is 52.6 Å². The van der Waals surface area contributed by atoms with Crippen molar-refractivity contribution in [3.05, 3.63) is 106 Å². The van der Waals surface area contributed by atoms with Crippen LogP contribution in [0.5, 0.6) is 0 Å². The molecule has 4 aromatic rings. The molecule has 0 saturated carbocycles. The van der Waals surface area contributed by atoms with Crippen molar-refractivity contribution in [3.63, 3.8) is 0 Å². The molecule has 0 saturated heterocycles. The number of anilines is 3. The zero-order chi connectivity index (χ0) is 30.6. The van der Waals surface area contributed by atoms with Crippen LogP contribution in [0.15, 0.2) is 77.7 Å². The Kier molecular flexibility index (Phi) is 8.57. The predicted octanol–water partition coefficient (Wildman–Crippen LogP) is 5.64. The maximum atomic E-state index is 13.0. The minimum Gasteiger partial charge on any atom is -0.336 e. The number of nitriles is 1. The Bertz CT molecular complexity index is 1730. The first-order valence-electron chi connectivity index (χ1n) is 13.5. The summed E-state index contributed by atoms with van der Waals surface area (Å²) in [7, 11) is 3.21. The van der Waals surface area contributed by atoms with Gasteiger partial charge >= 0.3 is 0 Å². The standard InChI is InChI=1S/C33H34N6O3/c1-21-26(8-7-9-27(21)37-30(40)22-10-14-24(15-11-22)33(2,3)4)28-20-39(6)32(42)29(36-28)35-25-16-12-23(13-17-25)31(41)38(5)19-18-34/h7-17,20H,19H2,1-6H3,(H,35,36)(H,37,40). The van der Waals surface area contributed by atoms with E-state index in [-0.39, 0.29) is 35.2 Å². The van der Waals surface area contributed by atoms with E-state index in [0.29, 0.717) is 28.2 Å². The average Bonchev–Trinajstić information content (AvgIpc) is 2.96. The quantitative estimate of drug-likeness (QED) is 0.281. The predicted molar refractivity (Wildman–Crippen MR) is 165 cm³/mol. The molecule has 0 spiro atoms. The Labute approximate surface area is 245 Å². The molecule has 0 radical (unpaired) electrons. The summed E-state index contributed by atoms with van der Waals surface area (Å²) in [5.74, 6) is -0.376. The molecule has 0 atom stereocenters. The van der Waals surface area contributed by atoms with Gasteiger partial charge in [0.1, 0.15) is 6.54 Å². The molecule has 0 unspecified atom stereocenters. The van der Waals surface area contributed by atoms with E-state index in [0.717, 1.165) is 16.7 Å². The molecule has 1 aromatic heterocycles. The second-order valence-corrected chi connectivity index (χ2v) is 11.2. The summed E-state index contributed by atoms with van der Waals surface area (Å²) in [6.07, 6.45) is 1.65. The Balaban J connectivity index is 1.58. The van der Waals surface area contributed by atoms with Gasteiger partial charge in [0.15, 0.2) is 5.82 Å². The first-order chi connectivity index (χ1) is 19.9. The van der Waals surface area contributed by atoms with Crippen LogP contribution < -0.4 is 16.2 Å². The highest BCUT2D eigenvalue weighted by Gasteiger charge is 2.17. The van der Waals surface area contributed by atoms with Gasteiger partial charge in [-0.25, -0.2) is 4.98 Å². The summed E-state index contributed by atoms with van der Waals surface area (Å²) >= 11 is 0. The molecule has 2 N–H and O–H groups in total. The third kappa shape index (κ3) is 6.56. The van der Waals surface area contributed by atoms with Crippen molar-refractivity contribution in [2.24, 2.45) is 7.05 Å². The summed E-state index contributed by atoms with van der Waals surface area (Å²) < 4.78 is 1.45. The maximum absolute atomic E-state index is 13.0. The third-order valence-corrected chi connectivity index (χ3v) is 6.99. The van der Waals surface area contributed by atoms with Gasteiger partial charge in [-0.1, -0.05) is 45.0 Å². The fourth-order valence-electron chi connectivity index (χ4n) is 4.41. The number of rotatable bonds is 7. The Morgan fingerprint density at radius 2 is 1.64 bits per heavy atom. The number of amides is 2. The van der Waals surface area contributed by atoms with Crippen LogP contribution in [0.4, 0.5) is 17.2 Å². The molecule has 42 heavy (non-hydrogen) atoms. The van der Waals surface area contributed by atoms with Crippen LogP contribution >= 0.6 is 0 Å². The molecule has 0 aliphatic rings. The molecule has 0 fully saturated rings. The summed E-state index contributed by atoms with van der Waals surface area (Å²) in [6.45, 7) is 8.26. The Morgan fingerprint density at radius 1 is 1.00 bits per heavy atom. The first kappa shape index (κ1) is 29.7. The van der Waals surface area contributed by atoms with Gasteiger partial charge < -0.3 is 20.1 Å². The minimum absolute atomic E-state index is 0.00547. The Morgan fingerprint density at radius 3 is 2.26 bits per heavy atom. The van der Waals surface area contributed by atoms with Crippen LogP contribution in [-0.4, -0.2) is 39.9 Å². The monoisotopic (exact) mass is 562 g/mol. The first-order valence-corrected chi connectivity index (χ1v) is 13.5. The maximum Gasteiger partial charge on any atom is 0.293 e. The SMILES string of the molecule is Cc1c(NC(=O)c2ccc(C(C)(C)C)cc2)cccc1-c1cn(C)c(=O)c(Nc2ccc(C(=O)N(C)CC#N)cc2)n1. The molecule has 3 aromatic carbocycles. The van der Waals surface area contributed by atoms with E-state index in [1.165, 1.54) is 9.47 Å². The lowest BCUT2D eigenvalue weighted by atomic mass is 9.86. The smallest absolute Gasteiger partial charge is 0.293 e. The van der Waals surface area contributed by atoms with Crippen molar-refractivity contribution < 1.29 is 9.59 Å². The molecule has 1 heterocycles. The Hall–Kier alpha value is -5.23. The molecule has 4 rings (SSSR count). The fourth-order valence-corrected chi connectivity index (χ4v) is 4.41. The molecular weight excluding hydrogens is 528 g/mol.